The Bertz CT molecular complexity index is 672. The lowest BCUT2D eigenvalue weighted by Crippen LogP contribution is -2.28. The van der Waals surface area contributed by atoms with Gasteiger partial charge in [-0.2, -0.15) is 0 Å². The highest BCUT2D eigenvalue weighted by Gasteiger charge is 2.25. The van der Waals surface area contributed by atoms with Gasteiger partial charge in [-0.1, -0.05) is 6.07 Å². The molecular weight excluding hydrogens is 318 g/mol. The fourth-order valence-corrected chi connectivity index (χ4v) is 3.00. The molecule has 1 atom stereocenters. The summed E-state index contributed by atoms with van der Waals surface area (Å²) in [5.41, 5.74) is 9.34. The summed E-state index contributed by atoms with van der Waals surface area (Å²) < 4.78 is 0.702. The monoisotopic (exact) mass is 331 g/mol. The third-order valence-electron chi connectivity index (χ3n) is 3.52. The number of benzene rings is 1. The number of rotatable bonds is 2. The van der Waals surface area contributed by atoms with Crippen molar-refractivity contribution in [3.8, 4) is 0 Å². The number of nitrogens with one attached hydrogen (secondary N) is 1. The van der Waals surface area contributed by atoms with E-state index in [1.54, 1.807) is 12.3 Å². The van der Waals surface area contributed by atoms with Crippen molar-refractivity contribution in [3.63, 3.8) is 0 Å². The summed E-state index contributed by atoms with van der Waals surface area (Å²) in [5.74, 6) is -0.160. The average Bonchev–Trinajstić information content (AvgIpc) is 2.81. The van der Waals surface area contributed by atoms with Gasteiger partial charge in [0.15, 0.2) is 0 Å². The molecule has 0 radical (unpaired) electrons. The number of pyridine rings is 1. The van der Waals surface area contributed by atoms with Gasteiger partial charge < -0.3 is 11.1 Å². The number of nitrogens with zero attached hydrogens (tertiary/aromatic N) is 1. The standard InChI is InChI=1S/C15H14BrN3O/c16-12-2-1-7-18-14(12)15(20)19-13-6-3-9-8-10(17)4-5-11(9)13/h1-2,4-5,7-8,13H,3,6,17H2,(H,19,20). The number of nitrogen functional groups attached to an aromatic ring is 1. The molecule has 20 heavy (non-hydrogen) atoms. The van der Waals surface area contributed by atoms with Crippen LogP contribution in [0, 0.1) is 0 Å². The topological polar surface area (TPSA) is 68.0 Å². The van der Waals surface area contributed by atoms with Crippen molar-refractivity contribution >= 4 is 27.5 Å². The second-order valence-electron chi connectivity index (χ2n) is 4.86. The zero-order valence-corrected chi connectivity index (χ0v) is 12.4. The third-order valence-corrected chi connectivity index (χ3v) is 4.16. The van der Waals surface area contributed by atoms with Crippen LogP contribution in [0.3, 0.4) is 0 Å². The Kier molecular flexibility index (Phi) is 3.44. The molecule has 0 spiro atoms. The van der Waals surface area contributed by atoms with Crippen molar-refractivity contribution in [1.29, 1.82) is 0 Å². The predicted octanol–water partition coefficient (Wildman–Crippen LogP) is 2.84. The molecule has 1 aliphatic rings. The first-order valence-electron chi connectivity index (χ1n) is 6.45. The van der Waals surface area contributed by atoms with Crippen molar-refractivity contribution in [1.82, 2.24) is 10.3 Å². The van der Waals surface area contributed by atoms with E-state index in [1.807, 2.05) is 24.3 Å². The van der Waals surface area contributed by atoms with E-state index in [0.717, 1.165) is 24.1 Å². The largest absolute Gasteiger partial charge is 0.399 e. The fraction of sp³-hybridized carbons (Fsp3) is 0.200. The highest BCUT2D eigenvalue weighted by Crippen LogP contribution is 2.32. The van der Waals surface area contributed by atoms with Gasteiger partial charge in [-0.3, -0.25) is 4.79 Å². The van der Waals surface area contributed by atoms with Gasteiger partial charge in [0, 0.05) is 16.4 Å². The summed E-state index contributed by atoms with van der Waals surface area (Å²) in [7, 11) is 0. The van der Waals surface area contributed by atoms with E-state index in [0.29, 0.717) is 10.2 Å². The Morgan fingerprint density at radius 2 is 2.25 bits per heavy atom. The molecule has 0 aliphatic heterocycles. The molecule has 5 heteroatoms. The van der Waals surface area contributed by atoms with Crippen LogP contribution in [-0.2, 0) is 6.42 Å². The second-order valence-corrected chi connectivity index (χ2v) is 5.71. The minimum absolute atomic E-state index is 0.0343. The molecule has 1 aromatic heterocycles. The van der Waals surface area contributed by atoms with E-state index in [9.17, 15) is 4.79 Å². The SMILES string of the molecule is Nc1ccc2c(c1)CCC2NC(=O)c1ncccc1Br. The second kappa shape index (κ2) is 5.25. The first-order chi connectivity index (χ1) is 9.65. The summed E-state index contributed by atoms with van der Waals surface area (Å²) >= 11 is 3.35. The maximum Gasteiger partial charge on any atom is 0.271 e. The number of anilines is 1. The van der Waals surface area contributed by atoms with Crippen LogP contribution in [0.15, 0.2) is 41.0 Å². The van der Waals surface area contributed by atoms with Crippen molar-refractivity contribution < 1.29 is 4.79 Å². The van der Waals surface area contributed by atoms with Crippen LogP contribution >= 0.6 is 15.9 Å². The highest BCUT2D eigenvalue weighted by molar-refractivity contribution is 9.10. The Morgan fingerprint density at radius 3 is 3.05 bits per heavy atom. The zero-order chi connectivity index (χ0) is 14.1. The number of carbonyl (C=O) groups excluding carboxylic acids is 1. The van der Waals surface area contributed by atoms with E-state index < -0.39 is 0 Å². The molecule has 3 rings (SSSR count). The van der Waals surface area contributed by atoms with Crippen molar-refractivity contribution in [3.05, 3.63) is 57.8 Å². The minimum atomic E-state index is -0.160. The molecule has 2 aromatic rings. The predicted molar refractivity (Wildman–Crippen MR) is 81.3 cm³/mol. The number of aryl methyl sites for hydroxylation is 1. The summed E-state index contributed by atoms with van der Waals surface area (Å²) in [5, 5.41) is 3.04. The van der Waals surface area contributed by atoms with Gasteiger partial charge in [0.25, 0.3) is 5.91 Å². The number of amides is 1. The van der Waals surface area contributed by atoms with Crippen LogP contribution in [-0.4, -0.2) is 10.9 Å². The summed E-state index contributed by atoms with van der Waals surface area (Å²) in [6.45, 7) is 0. The lowest BCUT2D eigenvalue weighted by molar-refractivity contribution is 0.0931. The molecule has 102 valence electrons. The first-order valence-corrected chi connectivity index (χ1v) is 7.24. The Hall–Kier alpha value is -1.88. The van der Waals surface area contributed by atoms with Crippen LogP contribution in [0.1, 0.15) is 34.1 Å². The highest BCUT2D eigenvalue weighted by atomic mass is 79.9. The van der Waals surface area contributed by atoms with Crippen molar-refractivity contribution in [2.75, 3.05) is 5.73 Å². The number of hydrogen-bond donors (Lipinski definition) is 2. The lowest BCUT2D eigenvalue weighted by Gasteiger charge is -2.14. The van der Waals surface area contributed by atoms with E-state index in [4.69, 9.17) is 5.73 Å². The van der Waals surface area contributed by atoms with E-state index in [-0.39, 0.29) is 11.9 Å². The Balaban J connectivity index is 1.81. The molecule has 1 aliphatic carbocycles. The Morgan fingerprint density at radius 1 is 1.40 bits per heavy atom. The maximum absolute atomic E-state index is 12.3. The molecule has 3 N–H and O–H groups in total. The van der Waals surface area contributed by atoms with Crippen LogP contribution < -0.4 is 11.1 Å². The number of aromatic nitrogens is 1. The quantitative estimate of drug-likeness (QED) is 0.831. The van der Waals surface area contributed by atoms with Crippen molar-refractivity contribution in [2.24, 2.45) is 0 Å². The number of carbonyl (C=O) groups is 1. The molecule has 0 bridgehead atoms. The molecule has 1 amide bonds. The number of fused-ring (bicyclic) bond motifs is 1. The van der Waals surface area contributed by atoms with E-state index >= 15 is 0 Å². The molecular formula is C15H14BrN3O. The molecule has 1 heterocycles. The van der Waals surface area contributed by atoms with E-state index in [1.165, 1.54) is 5.56 Å². The minimum Gasteiger partial charge on any atom is -0.399 e. The van der Waals surface area contributed by atoms with Gasteiger partial charge >= 0.3 is 0 Å². The smallest absolute Gasteiger partial charge is 0.271 e. The normalized spacial score (nSPS) is 16.8. The molecule has 0 fully saturated rings. The van der Waals surface area contributed by atoms with E-state index in [2.05, 4.69) is 26.2 Å². The molecule has 1 aromatic carbocycles. The van der Waals surface area contributed by atoms with Crippen molar-refractivity contribution in [2.45, 2.75) is 18.9 Å². The molecule has 1 unspecified atom stereocenters. The lowest BCUT2D eigenvalue weighted by atomic mass is 10.1. The average molecular weight is 332 g/mol. The molecule has 4 nitrogen and oxygen atoms in total. The zero-order valence-electron chi connectivity index (χ0n) is 10.8. The number of halogens is 1. The van der Waals surface area contributed by atoms with Gasteiger partial charge in [-0.25, -0.2) is 4.98 Å². The number of nitrogens with two attached hydrogens (primary N) is 1. The van der Waals surface area contributed by atoms with Crippen LogP contribution in [0.25, 0.3) is 0 Å². The van der Waals surface area contributed by atoms with Gasteiger partial charge in [-0.05, 0) is 64.2 Å². The maximum atomic E-state index is 12.3. The van der Waals surface area contributed by atoms with Gasteiger partial charge in [-0.15, -0.1) is 0 Å². The first kappa shape index (κ1) is 13.1. The molecule has 0 saturated heterocycles. The Labute approximate surface area is 125 Å². The number of hydrogen-bond acceptors (Lipinski definition) is 3. The van der Waals surface area contributed by atoms with Gasteiger partial charge in [0.2, 0.25) is 0 Å². The fourth-order valence-electron chi connectivity index (χ4n) is 2.57. The van der Waals surface area contributed by atoms with Crippen LogP contribution in [0.5, 0.6) is 0 Å². The van der Waals surface area contributed by atoms with Gasteiger partial charge in [0.1, 0.15) is 5.69 Å². The van der Waals surface area contributed by atoms with Crippen LogP contribution in [0.4, 0.5) is 5.69 Å². The third kappa shape index (κ3) is 2.41. The molecule has 0 saturated carbocycles. The summed E-state index contributed by atoms with van der Waals surface area (Å²) in [4.78, 5) is 16.4. The summed E-state index contributed by atoms with van der Waals surface area (Å²) in [6.07, 6.45) is 3.45. The summed E-state index contributed by atoms with van der Waals surface area (Å²) in [6, 6.07) is 9.49. The van der Waals surface area contributed by atoms with Gasteiger partial charge in [0.05, 0.1) is 6.04 Å². The van der Waals surface area contributed by atoms with Crippen LogP contribution in [0.2, 0.25) is 0 Å².